The topological polar surface area (TPSA) is 52.6 Å². The van der Waals surface area contributed by atoms with E-state index in [0.29, 0.717) is 35.5 Å². The Labute approximate surface area is 172 Å². The summed E-state index contributed by atoms with van der Waals surface area (Å²) in [6.45, 7) is 0. The lowest BCUT2D eigenvalue weighted by atomic mass is 10.1. The van der Waals surface area contributed by atoms with E-state index >= 15 is 0 Å². The highest BCUT2D eigenvalue weighted by molar-refractivity contribution is 14.1. The fourth-order valence-electron chi connectivity index (χ4n) is 2.54. The molecular formula is C19H14I2O4. The van der Waals surface area contributed by atoms with E-state index < -0.39 is 11.9 Å². The van der Waals surface area contributed by atoms with E-state index in [-0.39, 0.29) is 0 Å². The molecule has 0 fully saturated rings. The maximum absolute atomic E-state index is 12.4. The average molecular weight is 560 g/mol. The molecule has 0 heterocycles. The zero-order valence-corrected chi connectivity index (χ0v) is 17.4. The first-order valence-corrected chi connectivity index (χ1v) is 9.86. The Morgan fingerprint density at radius 3 is 1.40 bits per heavy atom. The van der Waals surface area contributed by atoms with Crippen molar-refractivity contribution in [3.63, 3.8) is 0 Å². The summed E-state index contributed by atoms with van der Waals surface area (Å²) in [6.07, 6.45) is 1.80. The highest BCUT2D eigenvalue weighted by Crippen LogP contribution is 2.29. The molecule has 0 saturated carbocycles. The van der Waals surface area contributed by atoms with Crippen molar-refractivity contribution in [3.05, 3.63) is 66.8 Å². The van der Waals surface area contributed by atoms with Gasteiger partial charge in [0.1, 0.15) is 11.5 Å². The van der Waals surface area contributed by atoms with Crippen molar-refractivity contribution in [2.75, 3.05) is 0 Å². The monoisotopic (exact) mass is 560 g/mol. The molecule has 0 aliphatic heterocycles. The van der Waals surface area contributed by atoms with E-state index in [1.807, 2.05) is 24.3 Å². The van der Waals surface area contributed by atoms with Crippen molar-refractivity contribution in [3.8, 4) is 11.5 Å². The van der Waals surface area contributed by atoms with Gasteiger partial charge in [0, 0.05) is 18.3 Å². The molecule has 128 valence electrons. The predicted octanol–water partition coefficient (Wildman–Crippen LogP) is 4.89. The van der Waals surface area contributed by atoms with Crippen LogP contribution in [0.2, 0.25) is 0 Å². The average Bonchev–Trinajstić information content (AvgIpc) is 3.09. The molecule has 3 rings (SSSR count). The molecule has 2 aromatic carbocycles. The van der Waals surface area contributed by atoms with Crippen LogP contribution in [0.25, 0.3) is 0 Å². The number of halogens is 2. The van der Waals surface area contributed by atoms with Crippen LogP contribution in [0.1, 0.15) is 19.3 Å². The second-order valence-corrected chi connectivity index (χ2v) is 7.99. The number of hydrogen-bond donors (Lipinski definition) is 0. The van der Waals surface area contributed by atoms with Crippen LogP contribution >= 0.6 is 45.2 Å². The molecule has 1 aliphatic rings. The first-order valence-electron chi connectivity index (χ1n) is 7.70. The number of carbonyl (C=O) groups excluding carboxylic acids is 2. The van der Waals surface area contributed by atoms with Crippen molar-refractivity contribution in [2.45, 2.75) is 19.3 Å². The molecule has 25 heavy (non-hydrogen) atoms. The zero-order valence-electron chi connectivity index (χ0n) is 13.1. The van der Waals surface area contributed by atoms with Crippen LogP contribution in [0, 0.1) is 7.14 Å². The molecule has 2 aromatic rings. The van der Waals surface area contributed by atoms with Gasteiger partial charge in [0.05, 0.1) is 0 Å². The highest BCUT2D eigenvalue weighted by atomic mass is 127. The zero-order chi connectivity index (χ0) is 17.8. The Bertz CT molecular complexity index is 754. The van der Waals surface area contributed by atoms with Crippen molar-refractivity contribution in [1.82, 2.24) is 0 Å². The minimum absolute atomic E-state index is 0.411. The summed E-state index contributed by atoms with van der Waals surface area (Å²) in [5.41, 5.74) is 0.822. The van der Waals surface area contributed by atoms with Gasteiger partial charge in [-0.2, -0.15) is 0 Å². The van der Waals surface area contributed by atoms with Crippen LogP contribution in [-0.2, 0) is 9.59 Å². The van der Waals surface area contributed by atoms with Crippen LogP contribution < -0.4 is 9.47 Å². The molecule has 0 radical (unpaired) electrons. The van der Waals surface area contributed by atoms with Crippen LogP contribution in [0.5, 0.6) is 11.5 Å². The maximum Gasteiger partial charge on any atom is 0.339 e. The SMILES string of the molecule is O=C(Oc1ccc(I)cc1)C1=C(C(=O)Oc2ccc(I)cc2)CCC1. The number of rotatable bonds is 4. The molecule has 0 bridgehead atoms. The van der Waals surface area contributed by atoms with Crippen LogP contribution in [0.4, 0.5) is 0 Å². The third-order valence-electron chi connectivity index (χ3n) is 3.76. The van der Waals surface area contributed by atoms with Gasteiger partial charge in [0.2, 0.25) is 0 Å². The van der Waals surface area contributed by atoms with Gasteiger partial charge in [0.25, 0.3) is 0 Å². The van der Waals surface area contributed by atoms with Gasteiger partial charge < -0.3 is 9.47 Å². The summed E-state index contributed by atoms with van der Waals surface area (Å²) in [6, 6.07) is 14.4. The second kappa shape index (κ2) is 8.31. The number of carbonyl (C=O) groups is 2. The van der Waals surface area contributed by atoms with Gasteiger partial charge in [-0.3, -0.25) is 0 Å². The normalized spacial score (nSPS) is 13.7. The lowest BCUT2D eigenvalue weighted by Gasteiger charge is -2.08. The minimum Gasteiger partial charge on any atom is -0.423 e. The van der Waals surface area contributed by atoms with Crippen LogP contribution in [0.3, 0.4) is 0 Å². The summed E-state index contributed by atoms with van der Waals surface area (Å²) >= 11 is 4.36. The Morgan fingerprint density at radius 2 is 1.04 bits per heavy atom. The molecule has 0 aromatic heterocycles. The maximum atomic E-state index is 12.4. The van der Waals surface area contributed by atoms with Crippen LogP contribution in [-0.4, -0.2) is 11.9 Å². The van der Waals surface area contributed by atoms with E-state index in [4.69, 9.17) is 9.47 Å². The van der Waals surface area contributed by atoms with Gasteiger partial charge in [-0.05, 0) is 113 Å². The van der Waals surface area contributed by atoms with Gasteiger partial charge in [-0.15, -0.1) is 0 Å². The third kappa shape index (κ3) is 4.81. The Hall–Kier alpha value is -1.42. The van der Waals surface area contributed by atoms with E-state index in [2.05, 4.69) is 45.2 Å². The van der Waals surface area contributed by atoms with Gasteiger partial charge in [-0.25, -0.2) is 9.59 Å². The molecule has 6 heteroatoms. The highest BCUT2D eigenvalue weighted by Gasteiger charge is 2.28. The summed E-state index contributed by atoms with van der Waals surface area (Å²) in [5, 5.41) is 0. The summed E-state index contributed by atoms with van der Waals surface area (Å²) < 4.78 is 12.9. The molecular weight excluding hydrogens is 546 g/mol. The van der Waals surface area contributed by atoms with Gasteiger partial charge >= 0.3 is 11.9 Å². The minimum atomic E-state index is -0.478. The summed E-state index contributed by atoms with van der Waals surface area (Å²) in [7, 11) is 0. The largest absolute Gasteiger partial charge is 0.423 e. The summed E-state index contributed by atoms with van der Waals surface area (Å²) in [5.74, 6) is -0.0214. The van der Waals surface area contributed by atoms with E-state index in [1.165, 1.54) is 0 Å². The molecule has 0 amide bonds. The number of benzene rings is 2. The standard InChI is InChI=1S/C19H14I2O4/c20-12-4-8-14(9-5-12)24-18(22)16-2-1-3-17(16)19(23)25-15-10-6-13(21)7-11-15/h4-11H,1-3H2. The molecule has 0 spiro atoms. The quantitative estimate of drug-likeness (QED) is 0.304. The number of hydrogen-bond acceptors (Lipinski definition) is 4. The number of ether oxygens (including phenoxy) is 2. The number of esters is 2. The van der Waals surface area contributed by atoms with Gasteiger partial charge in [-0.1, -0.05) is 0 Å². The lowest BCUT2D eigenvalue weighted by molar-refractivity contribution is -0.133. The molecule has 4 nitrogen and oxygen atoms in total. The van der Waals surface area contributed by atoms with E-state index in [1.54, 1.807) is 24.3 Å². The fourth-order valence-corrected chi connectivity index (χ4v) is 3.26. The van der Waals surface area contributed by atoms with Crippen molar-refractivity contribution < 1.29 is 19.1 Å². The van der Waals surface area contributed by atoms with Gasteiger partial charge in [0.15, 0.2) is 0 Å². The first-order chi connectivity index (χ1) is 12.0. The molecule has 0 unspecified atom stereocenters. The molecule has 0 saturated heterocycles. The predicted molar refractivity (Wildman–Crippen MR) is 110 cm³/mol. The molecule has 1 aliphatic carbocycles. The third-order valence-corrected chi connectivity index (χ3v) is 5.20. The summed E-state index contributed by atoms with van der Waals surface area (Å²) in [4.78, 5) is 24.8. The second-order valence-electron chi connectivity index (χ2n) is 5.50. The Balaban J connectivity index is 1.74. The van der Waals surface area contributed by atoms with Crippen molar-refractivity contribution >= 4 is 57.1 Å². The van der Waals surface area contributed by atoms with E-state index in [0.717, 1.165) is 13.6 Å². The fraction of sp³-hybridized carbons (Fsp3) is 0.158. The molecule has 0 atom stereocenters. The van der Waals surface area contributed by atoms with Crippen LogP contribution in [0.15, 0.2) is 59.7 Å². The van der Waals surface area contributed by atoms with Crippen molar-refractivity contribution in [1.29, 1.82) is 0 Å². The first kappa shape index (κ1) is 18.4. The van der Waals surface area contributed by atoms with Crippen molar-refractivity contribution in [2.24, 2.45) is 0 Å². The Kier molecular flexibility index (Phi) is 6.10. The molecule has 0 N–H and O–H groups in total. The van der Waals surface area contributed by atoms with E-state index in [9.17, 15) is 9.59 Å². The lowest BCUT2D eigenvalue weighted by Crippen LogP contribution is -2.17. The smallest absolute Gasteiger partial charge is 0.339 e. The Morgan fingerprint density at radius 1 is 0.680 bits per heavy atom.